The van der Waals surface area contributed by atoms with Crippen molar-refractivity contribution in [3.05, 3.63) is 0 Å². The highest BCUT2D eigenvalue weighted by Gasteiger charge is 2.36. The molecule has 0 saturated heterocycles. The third-order valence-electron chi connectivity index (χ3n) is 3.24. The molecular formula is C14H29N2O7PS. The van der Waals surface area contributed by atoms with Crippen molar-refractivity contribution in [1.82, 2.24) is 10.6 Å². The second kappa shape index (κ2) is 11.9. The molecule has 0 aliphatic carbocycles. The fraction of sp³-hybridized carbons (Fsp3) is 0.857. The third-order valence-corrected chi connectivity index (χ3v) is 5.06. The Morgan fingerprint density at radius 2 is 1.92 bits per heavy atom. The molecule has 2 unspecified atom stereocenters. The Balaban J connectivity index is 4.19. The first-order chi connectivity index (χ1) is 11.6. The molecule has 0 fully saturated rings. The SMILES string of the molecule is CCSCCNC(=O)CCNC(=O)C(O)C(C)(C)COP(=O)(O)OC. The van der Waals surface area contributed by atoms with Crippen LogP contribution in [0.15, 0.2) is 0 Å². The van der Waals surface area contributed by atoms with Gasteiger partial charge in [0.05, 0.1) is 6.61 Å². The molecule has 2 amide bonds. The van der Waals surface area contributed by atoms with Gasteiger partial charge in [0.1, 0.15) is 6.10 Å². The van der Waals surface area contributed by atoms with E-state index in [0.29, 0.717) is 6.54 Å². The summed E-state index contributed by atoms with van der Waals surface area (Å²) in [6, 6.07) is 0. The summed E-state index contributed by atoms with van der Waals surface area (Å²) < 4.78 is 20.3. The summed E-state index contributed by atoms with van der Waals surface area (Å²) in [5, 5.41) is 15.3. The average Bonchev–Trinajstić information content (AvgIpc) is 2.56. The average molecular weight is 400 g/mol. The number of amides is 2. The number of nitrogens with one attached hydrogen (secondary N) is 2. The molecule has 0 aromatic carbocycles. The largest absolute Gasteiger partial charge is 0.471 e. The molecule has 0 saturated carbocycles. The van der Waals surface area contributed by atoms with Gasteiger partial charge < -0.3 is 20.6 Å². The maximum Gasteiger partial charge on any atom is 0.471 e. The number of rotatable bonds is 13. The van der Waals surface area contributed by atoms with Gasteiger partial charge in [-0.3, -0.25) is 18.6 Å². The minimum atomic E-state index is -4.19. The van der Waals surface area contributed by atoms with Gasteiger partial charge in [-0.05, 0) is 5.75 Å². The first-order valence-corrected chi connectivity index (χ1v) is 10.5. The van der Waals surface area contributed by atoms with Gasteiger partial charge in [-0.1, -0.05) is 20.8 Å². The number of carbonyl (C=O) groups excluding carboxylic acids is 2. The summed E-state index contributed by atoms with van der Waals surface area (Å²) in [5.74, 6) is 0.945. The Bertz CT molecular complexity index is 476. The lowest BCUT2D eigenvalue weighted by Crippen LogP contribution is -2.46. The standard InChI is InChI=1S/C14H29N2O7PS/c1-5-25-9-8-15-11(17)6-7-16-13(19)12(18)14(2,3)10-23-24(20,21)22-4/h12,18H,5-10H2,1-4H3,(H,15,17)(H,16,19)(H,20,21). The van der Waals surface area contributed by atoms with E-state index in [2.05, 4.69) is 15.2 Å². The van der Waals surface area contributed by atoms with Crippen molar-refractivity contribution in [3.8, 4) is 0 Å². The highest BCUT2D eigenvalue weighted by Crippen LogP contribution is 2.43. The van der Waals surface area contributed by atoms with Crippen LogP contribution < -0.4 is 10.6 Å². The van der Waals surface area contributed by atoms with Crippen LogP contribution in [0.3, 0.4) is 0 Å². The van der Waals surface area contributed by atoms with E-state index in [-0.39, 0.29) is 25.5 Å². The van der Waals surface area contributed by atoms with Crippen molar-refractivity contribution in [2.75, 3.05) is 38.3 Å². The van der Waals surface area contributed by atoms with Crippen LogP contribution in [-0.2, 0) is 23.2 Å². The molecule has 0 heterocycles. The molecule has 0 aromatic rings. The summed E-state index contributed by atoms with van der Waals surface area (Å²) in [6.07, 6.45) is -1.38. The molecule has 25 heavy (non-hydrogen) atoms. The lowest BCUT2D eigenvalue weighted by atomic mass is 9.87. The molecule has 148 valence electrons. The quantitative estimate of drug-likeness (QED) is 0.260. The Morgan fingerprint density at radius 3 is 2.48 bits per heavy atom. The number of hydrogen-bond donors (Lipinski definition) is 4. The summed E-state index contributed by atoms with van der Waals surface area (Å²) in [6.45, 7) is 5.33. The highest BCUT2D eigenvalue weighted by molar-refractivity contribution is 7.99. The molecule has 0 bridgehead atoms. The van der Waals surface area contributed by atoms with E-state index in [4.69, 9.17) is 4.52 Å². The van der Waals surface area contributed by atoms with Crippen LogP contribution in [-0.4, -0.2) is 66.2 Å². The fourth-order valence-electron chi connectivity index (χ4n) is 1.63. The second-order valence-electron chi connectivity index (χ2n) is 5.90. The molecule has 0 rings (SSSR count). The maximum absolute atomic E-state index is 11.9. The molecule has 0 aromatic heterocycles. The number of thioether (sulfide) groups is 1. The van der Waals surface area contributed by atoms with Crippen LogP contribution in [0, 0.1) is 5.41 Å². The first-order valence-electron chi connectivity index (χ1n) is 7.89. The van der Waals surface area contributed by atoms with E-state index in [1.54, 1.807) is 11.8 Å². The molecule has 0 aliphatic heterocycles. The van der Waals surface area contributed by atoms with Crippen molar-refractivity contribution >= 4 is 31.4 Å². The molecule has 4 N–H and O–H groups in total. The smallest absolute Gasteiger partial charge is 0.383 e. The minimum absolute atomic E-state index is 0.0795. The van der Waals surface area contributed by atoms with Gasteiger partial charge in [0.15, 0.2) is 0 Å². The fourth-order valence-corrected chi connectivity index (χ4v) is 2.76. The van der Waals surface area contributed by atoms with E-state index >= 15 is 0 Å². The number of aliphatic hydroxyl groups is 1. The lowest BCUT2D eigenvalue weighted by molar-refractivity contribution is -0.137. The van der Waals surface area contributed by atoms with Crippen LogP contribution in [0.5, 0.6) is 0 Å². The van der Waals surface area contributed by atoms with Gasteiger partial charge in [-0.25, -0.2) is 4.57 Å². The van der Waals surface area contributed by atoms with Gasteiger partial charge >= 0.3 is 7.82 Å². The van der Waals surface area contributed by atoms with Gasteiger partial charge in [0, 0.05) is 37.8 Å². The van der Waals surface area contributed by atoms with Crippen LogP contribution in [0.25, 0.3) is 0 Å². The molecule has 2 atom stereocenters. The van der Waals surface area contributed by atoms with Crippen molar-refractivity contribution in [2.45, 2.75) is 33.3 Å². The molecule has 9 nitrogen and oxygen atoms in total. The number of carbonyl (C=O) groups is 2. The predicted octanol–water partition coefficient (Wildman–Crippen LogP) is 0.512. The van der Waals surface area contributed by atoms with Gasteiger partial charge in [-0.15, -0.1) is 0 Å². The van der Waals surface area contributed by atoms with E-state index in [1.807, 2.05) is 6.92 Å². The molecule has 0 radical (unpaired) electrons. The number of phosphoric acid groups is 1. The Labute approximate surface area is 152 Å². The van der Waals surface area contributed by atoms with Crippen LogP contribution in [0.1, 0.15) is 27.2 Å². The van der Waals surface area contributed by atoms with E-state index in [1.165, 1.54) is 13.8 Å². The summed E-state index contributed by atoms with van der Waals surface area (Å²) >= 11 is 1.72. The maximum atomic E-state index is 11.9. The van der Waals surface area contributed by atoms with Crippen molar-refractivity contribution in [2.24, 2.45) is 5.41 Å². The molecular weight excluding hydrogens is 371 g/mol. The van der Waals surface area contributed by atoms with E-state index in [0.717, 1.165) is 18.6 Å². The topological polar surface area (TPSA) is 134 Å². The van der Waals surface area contributed by atoms with Crippen molar-refractivity contribution in [3.63, 3.8) is 0 Å². The van der Waals surface area contributed by atoms with E-state index in [9.17, 15) is 24.2 Å². The Hall–Kier alpha value is -0.640. The van der Waals surface area contributed by atoms with Crippen LogP contribution in [0.4, 0.5) is 0 Å². The second-order valence-corrected chi connectivity index (χ2v) is 8.86. The normalized spacial score (nSPS) is 15.3. The number of aliphatic hydroxyl groups excluding tert-OH is 1. The van der Waals surface area contributed by atoms with Crippen LogP contribution in [0.2, 0.25) is 0 Å². The number of phosphoric ester groups is 1. The minimum Gasteiger partial charge on any atom is -0.383 e. The zero-order chi connectivity index (χ0) is 19.5. The summed E-state index contributed by atoms with van der Waals surface area (Å²) in [4.78, 5) is 32.7. The predicted molar refractivity (Wildman–Crippen MR) is 96.2 cm³/mol. The lowest BCUT2D eigenvalue weighted by Gasteiger charge is -2.29. The van der Waals surface area contributed by atoms with Gasteiger partial charge in [-0.2, -0.15) is 11.8 Å². The molecule has 11 heteroatoms. The van der Waals surface area contributed by atoms with Crippen molar-refractivity contribution in [1.29, 1.82) is 0 Å². The Morgan fingerprint density at radius 1 is 1.28 bits per heavy atom. The molecule has 0 spiro atoms. The van der Waals surface area contributed by atoms with E-state index < -0.39 is 25.2 Å². The summed E-state index contributed by atoms with van der Waals surface area (Å²) in [5.41, 5.74) is -1.12. The zero-order valence-corrected chi connectivity index (χ0v) is 16.8. The molecule has 0 aliphatic rings. The zero-order valence-electron chi connectivity index (χ0n) is 15.1. The Kier molecular flexibility index (Phi) is 11.6. The van der Waals surface area contributed by atoms with Gasteiger partial charge in [0.2, 0.25) is 11.8 Å². The van der Waals surface area contributed by atoms with Gasteiger partial charge in [0.25, 0.3) is 0 Å². The summed E-state index contributed by atoms with van der Waals surface area (Å²) in [7, 11) is -3.17. The number of hydrogen-bond acceptors (Lipinski definition) is 7. The van der Waals surface area contributed by atoms with Crippen molar-refractivity contribution < 1.29 is 33.2 Å². The third kappa shape index (κ3) is 10.8. The van der Waals surface area contributed by atoms with Crippen LogP contribution >= 0.6 is 19.6 Å². The first kappa shape index (κ1) is 24.4. The highest BCUT2D eigenvalue weighted by atomic mass is 32.2. The monoisotopic (exact) mass is 400 g/mol.